The minimum absolute atomic E-state index is 0.00607. The number of fused-ring (bicyclic) bond motifs is 1. The number of imidazole rings is 1. The first-order valence-corrected chi connectivity index (χ1v) is 9.28. The lowest BCUT2D eigenvalue weighted by molar-refractivity contribution is -0.120. The van der Waals surface area contributed by atoms with Gasteiger partial charge < -0.3 is 10.3 Å². The normalized spacial score (nSPS) is 10.9. The van der Waals surface area contributed by atoms with Gasteiger partial charge in [-0.05, 0) is 30.7 Å². The third-order valence-corrected chi connectivity index (χ3v) is 4.82. The SMILES string of the molecule is O=C(CCSc1ccccc1F)NCCCc1nc2ccccc2[nH]1. The van der Waals surface area contributed by atoms with E-state index < -0.39 is 0 Å². The number of aromatic amines is 1. The van der Waals surface area contributed by atoms with E-state index in [4.69, 9.17) is 0 Å². The second-order valence-corrected chi connectivity index (χ2v) is 6.82. The Morgan fingerprint density at radius 1 is 1.16 bits per heavy atom. The summed E-state index contributed by atoms with van der Waals surface area (Å²) >= 11 is 1.36. The molecule has 3 aromatic rings. The highest BCUT2D eigenvalue weighted by molar-refractivity contribution is 7.99. The Hall–Kier alpha value is -2.34. The van der Waals surface area contributed by atoms with Gasteiger partial charge in [-0.1, -0.05) is 24.3 Å². The Kier molecular flexibility index (Phi) is 6.06. The molecule has 0 bridgehead atoms. The van der Waals surface area contributed by atoms with Crippen LogP contribution < -0.4 is 5.32 Å². The monoisotopic (exact) mass is 357 g/mol. The molecule has 0 fully saturated rings. The van der Waals surface area contributed by atoms with Crippen molar-refractivity contribution in [1.82, 2.24) is 15.3 Å². The van der Waals surface area contributed by atoms with Crippen molar-refractivity contribution in [2.75, 3.05) is 12.3 Å². The van der Waals surface area contributed by atoms with E-state index in [2.05, 4.69) is 15.3 Å². The molecule has 0 aliphatic heterocycles. The highest BCUT2D eigenvalue weighted by Crippen LogP contribution is 2.21. The third-order valence-electron chi connectivity index (χ3n) is 3.77. The Balaban J connectivity index is 1.33. The van der Waals surface area contributed by atoms with Crippen LogP contribution in [0.5, 0.6) is 0 Å². The lowest BCUT2D eigenvalue weighted by Crippen LogP contribution is -2.25. The van der Waals surface area contributed by atoms with Crippen molar-refractivity contribution in [2.45, 2.75) is 24.2 Å². The molecule has 130 valence electrons. The van der Waals surface area contributed by atoms with E-state index >= 15 is 0 Å². The van der Waals surface area contributed by atoms with Crippen molar-refractivity contribution < 1.29 is 9.18 Å². The number of para-hydroxylation sites is 2. The van der Waals surface area contributed by atoms with Gasteiger partial charge in [0.05, 0.1) is 11.0 Å². The minimum Gasteiger partial charge on any atom is -0.356 e. The molecule has 6 heteroatoms. The molecule has 0 radical (unpaired) electrons. The fourth-order valence-electron chi connectivity index (χ4n) is 2.51. The molecule has 0 aliphatic rings. The molecule has 25 heavy (non-hydrogen) atoms. The summed E-state index contributed by atoms with van der Waals surface area (Å²) in [4.78, 5) is 20.2. The van der Waals surface area contributed by atoms with Gasteiger partial charge in [0, 0.05) is 30.0 Å². The average molecular weight is 357 g/mol. The van der Waals surface area contributed by atoms with E-state index in [1.165, 1.54) is 17.8 Å². The smallest absolute Gasteiger partial charge is 0.220 e. The summed E-state index contributed by atoms with van der Waals surface area (Å²) in [6, 6.07) is 14.5. The summed E-state index contributed by atoms with van der Waals surface area (Å²) in [6.07, 6.45) is 1.99. The molecule has 2 aromatic carbocycles. The first-order valence-electron chi connectivity index (χ1n) is 8.30. The van der Waals surface area contributed by atoms with Crippen molar-refractivity contribution in [2.24, 2.45) is 0 Å². The average Bonchev–Trinajstić information content (AvgIpc) is 3.03. The highest BCUT2D eigenvalue weighted by Gasteiger charge is 2.05. The number of amides is 1. The summed E-state index contributed by atoms with van der Waals surface area (Å²) in [6.45, 7) is 0.611. The summed E-state index contributed by atoms with van der Waals surface area (Å²) in [5, 5.41) is 2.90. The number of H-pyrrole nitrogens is 1. The van der Waals surface area contributed by atoms with Crippen LogP contribution in [0.1, 0.15) is 18.7 Å². The Morgan fingerprint density at radius 2 is 1.96 bits per heavy atom. The van der Waals surface area contributed by atoms with Crippen molar-refractivity contribution in [1.29, 1.82) is 0 Å². The summed E-state index contributed by atoms with van der Waals surface area (Å²) in [5.74, 6) is 1.26. The van der Waals surface area contributed by atoms with Gasteiger partial charge in [-0.25, -0.2) is 9.37 Å². The highest BCUT2D eigenvalue weighted by atomic mass is 32.2. The van der Waals surface area contributed by atoms with Gasteiger partial charge in [0.15, 0.2) is 0 Å². The number of nitrogens with zero attached hydrogens (tertiary/aromatic N) is 1. The van der Waals surface area contributed by atoms with E-state index in [9.17, 15) is 9.18 Å². The largest absolute Gasteiger partial charge is 0.356 e. The van der Waals surface area contributed by atoms with E-state index in [-0.39, 0.29) is 11.7 Å². The first kappa shape index (κ1) is 17.5. The zero-order chi connectivity index (χ0) is 17.5. The zero-order valence-corrected chi connectivity index (χ0v) is 14.6. The van der Waals surface area contributed by atoms with Crippen LogP contribution in [-0.2, 0) is 11.2 Å². The molecular weight excluding hydrogens is 337 g/mol. The number of hydrogen-bond acceptors (Lipinski definition) is 3. The predicted octanol–water partition coefficient (Wildman–Crippen LogP) is 3.93. The fourth-order valence-corrected chi connectivity index (χ4v) is 3.40. The molecule has 1 aromatic heterocycles. The number of aromatic nitrogens is 2. The molecule has 1 amide bonds. The van der Waals surface area contributed by atoms with Gasteiger partial charge in [0.2, 0.25) is 5.91 Å². The number of carbonyl (C=O) groups excluding carboxylic acids is 1. The second-order valence-electron chi connectivity index (χ2n) is 5.68. The predicted molar refractivity (Wildman–Crippen MR) is 99.2 cm³/mol. The van der Waals surface area contributed by atoms with Crippen LogP contribution in [0.4, 0.5) is 4.39 Å². The van der Waals surface area contributed by atoms with Gasteiger partial charge in [-0.15, -0.1) is 11.8 Å². The number of carbonyl (C=O) groups is 1. The molecule has 0 saturated carbocycles. The second kappa shape index (κ2) is 8.67. The Labute approximate surface area is 150 Å². The van der Waals surface area contributed by atoms with Crippen molar-refractivity contribution in [3.63, 3.8) is 0 Å². The minimum atomic E-state index is -0.237. The number of hydrogen-bond donors (Lipinski definition) is 2. The van der Waals surface area contributed by atoms with E-state index in [1.807, 2.05) is 24.3 Å². The van der Waals surface area contributed by atoms with Gasteiger partial charge in [0.1, 0.15) is 11.6 Å². The Morgan fingerprint density at radius 3 is 2.80 bits per heavy atom. The van der Waals surface area contributed by atoms with Gasteiger partial charge in [0.25, 0.3) is 0 Å². The van der Waals surface area contributed by atoms with Crippen LogP contribution in [0.3, 0.4) is 0 Å². The quantitative estimate of drug-likeness (QED) is 0.474. The zero-order valence-electron chi connectivity index (χ0n) is 13.8. The molecule has 0 saturated heterocycles. The summed E-state index contributed by atoms with van der Waals surface area (Å²) in [7, 11) is 0. The standard InChI is InChI=1S/C19H20FN3OS/c20-14-6-1-4-9-17(14)25-13-11-19(24)21-12-5-10-18-22-15-7-2-3-8-16(15)23-18/h1-4,6-9H,5,10-13H2,(H,21,24)(H,22,23). The first-order chi connectivity index (χ1) is 12.2. The molecule has 2 N–H and O–H groups in total. The number of thioether (sulfide) groups is 1. The van der Waals surface area contributed by atoms with E-state index in [1.54, 1.807) is 18.2 Å². The van der Waals surface area contributed by atoms with Crippen LogP contribution in [0.25, 0.3) is 11.0 Å². The van der Waals surface area contributed by atoms with E-state index in [0.29, 0.717) is 23.6 Å². The maximum absolute atomic E-state index is 13.5. The lowest BCUT2D eigenvalue weighted by atomic mass is 10.3. The number of benzene rings is 2. The number of halogens is 1. The van der Waals surface area contributed by atoms with E-state index in [0.717, 1.165) is 29.7 Å². The van der Waals surface area contributed by atoms with Crippen molar-refractivity contribution in [3.05, 3.63) is 60.2 Å². The molecule has 0 unspecified atom stereocenters. The Bertz CT molecular complexity index is 816. The summed E-state index contributed by atoms with van der Waals surface area (Å²) < 4.78 is 13.5. The molecule has 1 heterocycles. The molecule has 0 aliphatic carbocycles. The molecular formula is C19H20FN3OS. The maximum atomic E-state index is 13.5. The van der Waals surface area contributed by atoms with Crippen LogP contribution >= 0.6 is 11.8 Å². The molecule has 3 rings (SSSR count). The lowest BCUT2D eigenvalue weighted by Gasteiger charge is -2.05. The number of nitrogens with one attached hydrogen (secondary N) is 2. The third kappa shape index (κ3) is 5.06. The van der Waals surface area contributed by atoms with Gasteiger partial charge in [-0.3, -0.25) is 4.79 Å². The van der Waals surface area contributed by atoms with Gasteiger partial charge >= 0.3 is 0 Å². The summed E-state index contributed by atoms with van der Waals surface area (Å²) in [5.41, 5.74) is 2.00. The van der Waals surface area contributed by atoms with Gasteiger partial charge in [-0.2, -0.15) is 0 Å². The fraction of sp³-hybridized carbons (Fsp3) is 0.263. The molecule has 0 atom stereocenters. The van der Waals surface area contributed by atoms with Crippen LogP contribution in [0.2, 0.25) is 0 Å². The maximum Gasteiger partial charge on any atom is 0.220 e. The van der Waals surface area contributed by atoms with Crippen LogP contribution in [-0.4, -0.2) is 28.2 Å². The number of aryl methyl sites for hydroxylation is 1. The topological polar surface area (TPSA) is 57.8 Å². The van der Waals surface area contributed by atoms with Crippen LogP contribution in [0.15, 0.2) is 53.4 Å². The van der Waals surface area contributed by atoms with Crippen LogP contribution in [0, 0.1) is 5.82 Å². The van der Waals surface area contributed by atoms with Crippen molar-refractivity contribution in [3.8, 4) is 0 Å². The van der Waals surface area contributed by atoms with Crippen molar-refractivity contribution >= 4 is 28.7 Å². The molecule has 4 nitrogen and oxygen atoms in total. The number of rotatable bonds is 8. The molecule has 0 spiro atoms.